The lowest BCUT2D eigenvalue weighted by atomic mass is 10.2. The van der Waals surface area contributed by atoms with Crippen LogP contribution in [0.5, 0.6) is 11.5 Å². The lowest BCUT2D eigenvalue weighted by Crippen LogP contribution is -2.23. The molecule has 7 heteroatoms. The van der Waals surface area contributed by atoms with E-state index in [2.05, 4.69) is 10.3 Å². The Kier molecular flexibility index (Phi) is 5.95. The molecule has 1 heterocycles. The predicted octanol–water partition coefficient (Wildman–Crippen LogP) is 2.50. The Morgan fingerprint density at radius 2 is 2.09 bits per heavy atom. The van der Waals surface area contributed by atoms with Crippen molar-refractivity contribution in [3.8, 4) is 11.5 Å². The molecule has 0 saturated heterocycles. The summed E-state index contributed by atoms with van der Waals surface area (Å²) in [5.74, 6) is 1.06. The quantitative estimate of drug-likeness (QED) is 0.812. The first-order valence-electron chi connectivity index (χ1n) is 7.29. The molecule has 1 amide bonds. The molecule has 1 atom stereocenters. The molecule has 2 rings (SSSR count). The number of aromatic nitrogens is 1. The first-order chi connectivity index (χ1) is 11.1. The third-order valence-corrected chi connectivity index (χ3v) is 4.39. The summed E-state index contributed by atoms with van der Waals surface area (Å²) in [6, 6.07) is 5.40. The summed E-state index contributed by atoms with van der Waals surface area (Å²) in [6.07, 6.45) is 0.792. The molecule has 0 saturated carbocycles. The van der Waals surface area contributed by atoms with E-state index in [-0.39, 0.29) is 11.9 Å². The Morgan fingerprint density at radius 1 is 1.35 bits per heavy atom. The standard InChI is InChI=1S/C16H21N3O3S/c1-4-11(17)16-19-12(9-23-16)15(20)18-8-10-5-6-13(21-2)14(7-10)22-3/h5-7,9,11H,4,8,17H2,1-3H3,(H,18,20). The number of nitrogens with two attached hydrogens (primary N) is 1. The predicted molar refractivity (Wildman–Crippen MR) is 90.0 cm³/mol. The number of nitrogens with zero attached hydrogens (tertiary/aromatic N) is 1. The van der Waals surface area contributed by atoms with E-state index < -0.39 is 0 Å². The molecule has 1 aromatic heterocycles. The molecular formula is C16H21N3O3S. The average Bonchev–Trinajstić information content (AvgIpc) is 3.08. The fourth-order valence-corrected chi connectivity index (χ4v) is 2.88. The molecule has 124 valence electrons. The zero-order chi connectivity index (χ0) is 16.8. The van der Waals surface area contributed by atoms with Gasteiger partial charge in [0.25, 0.3) is 5.91 Å². The van der Waals surface area contributed by atoms with Crippen LogP contribution in [0.3, 0.4) is 0 Å². The number of thiazole rings is 1. The van der Waals surface area contributed by atoms with Crippen LogP contribution >= 0.6 is 11.3 Å². The van der Waals surface area contributed by atoms with Gasteiger partial charge in [-0.1, -0.05) is 13.0 Å². The topological polar surface area (TPSA) is 86.5 Å². The van der Waals surface area contributed by atoms with E-state index in [0.717, 1.165) is 17.0 Å². The molecule has 0 spiro atoms. The van der Waals surface area contributed by atoms with Crippen LogP contribution < -0.4 is 20.5 Å². The van der Waals surface area contributed by atoms with Crippen LogP contribution in [0.4, 0.5) is 0 Å². The van der Waals surface area contributed by atoms with Gasteiger partial charge in [0.1, 0.15) is 10.7 Å². The highest BCUT2D eigenvalue weighted by molar-refractivity contribution is 7.09. The monoisotopic (exact) mass is 335 g/mol. The van der Waals surface area contributed by atoms with Crippen molar-refractivity contribution < 1.29 is 14.3 Å². The fraction of sp³-hybridized carbons (Fsp3) is 0.375. The molecule has 0 fully saturated rings. The molecule has 0 aliphatic carbocycles. The van der Waals surface area contributed by atoms with E-state index in [1.165, 1.54) is 11.3 Å². The molecule has 2 aromatic rings. The van der Waals surface area contributed by atoms with Crippen LogP contribution in [-0.4, -0.2) is 25.1 Å². The van der Waals surface area contributed by atoms with Crippen LogP contribution in [0.15, 0.2) is 23.6 Å². The van der Waals surface area contributed by atoms with Gasteiger partial charge in [0.05, 0.1) is 20.3 Å². The molecule has 6 nitrogen and oxygen atoms in total. The maximum atomic E-state index is 12.2. The number of hydrogen-bond acceptors (Lipinski definition) is 6. The molecule has 0 aliphatic heterocycles. The normalized spacial score (nSPS) is 11.8. The van der Waals surface area contributed by atoms with Crippen molar-refractivity contribution in [2.45, 2.75) is 25.9 Å². The Balaban J connectivity index is 2.00. The summed E-state index contributed by atoms with van der Waals surface area (Å²) in [7, 11) is 3.16. The molecule has 0 aliphatic rings. The smallest absolute Gasteiger partial charge is 0.271 e. The number of methoxy groups -OCH3 is 2. The Hall–Kier alpha value is -2.12. The number of amides is 1. The lowest BCUT2D eigenvalue weighted by molar-refractivity contribution is 0.0946. The molecule has 23 heavy (non-hydrogen) atoms. The van der Waals surface area contributed by atoms with Gasteiger partial charge in [-0.3, -0.25) is 4.79 Å². The van der Waals surface area contributed by atoms with Crippen molar-refractivity contribution >= 4 is 17.2 Å². The minimum atomic E-state index is -0.217. The zero-order valence-electron chi connectivity index (χ0n) is 13.5. The van der Waals surface area contributed by atoms with Crippen molar-refractivity contribution in [1.82, 2.24) is 10.3 Å². The van der Waals surface area contributed by atoms with Crippen molar-refractivity contribution in [3.63, 3.8) is 0 Å². The van der Waals surface area contributed by atoms with Crippen molar-refractivity contribution in [2.75, 3.05) is 14.2 Å². The van der Waals surface area contributed by atoms with Crippen LogP contribution in [0.25, 0.3) is 0 Å². The van der Waals surface area contributed by atoms with E-state index in [9.17, 15) is 4.79 Å². The largest absolute Gasteiger partial charge is 0.493 e. The molecular weight excluding hydrogens is 314 g/mol. The van der Waals surface area contributed by atoms with Crippen molar-refractivity contribution in [2.24, 2.45) is 5.73 Å². The first-order valence-corrected chi connectivity index (χ1v) is 8.17. The number of ether oxygens (including phenoxy) is 2. The van der Waals surface area contributed by atoms with Gasteiger partial charge in [0.2, 0.25) is 0 Å². The summed E-state index contributed by atoms with van der Waals surface area (Å²) in [5.41, 5.74) is 7.23. The van der Waals surface area contributed by atoms with E-state index in [0.29, 0.717) is 23.7 Å². The third-order valence-electron chi connectivity index (χ3n) is 3.41. The van der Waals surface area contributed by atoms with Gasteiger partial charge in [-0.25, -0.2) is 4.98 Å². The average molecular weight is 335 g/mol. The lowest BCUT2D eigenvalue weighted by Gasteiger charge is -2.10. The second kappa shape index (κ2) is 7.94. The second-order valence-electron chi connectivity index (χ2n) is 4.96. The van der Waals surface area contributed by atoms with Crippen LogP contribution in [0.1, 0.15) is 40.4 Å². The van der Waals surface area contributed by atoms with Crippen LogP contribution in [0.2, 0.25) is 0 Å². The van der Waals surface area contributed by atoms with Crippen molar-refractivity contribution in [3.05, 3.63) is 39.8 Å². The molecule has 3 N–H and O–H groups in total. The SMILES string of the molecule is CCC(N)c1nc(C(=O)NCc2ccc(OC)c(OC)c2)cs1. The number of hydrogen-bond donors (Lipinski definition) is 2. The Bertz CT molecular complexity index is 672. The Labute approximate surface area is 139 Å². The third kappa shape index (κ3) is 4.20. The number of rotatable bonds is 7. The molecule has 1 unspecified atom stereocenters. The number of benzene rings is 1. The highest BCUT2D eigenvalue weighted by atomic mass is 32.1. The van der Waals surface area contributed by atoms with Gasteiger partial charge >= 0.3 is 0 Å². The van der Waals surface area contributed by atoms with Gasteiger partial charge in [0, 0.05) is 11.9 Å². The van der Waals surface area contributed by atoms with E-state index >= 15 is 0 Å². The maximum Gasteiger partial charge on any atom is 0.271 e. The summed E-state index contributed by atoms with van der Waals surface area (Å²) in [4.78, 5) is 16.4. The van der Waals surface area contributed by atoms with Crippen molar-refractivity contribution in [1.29, 1.82) is 0 Å². The van der Waals surface area contributed by atoms with E-state index in [4.69, 9.17) is 15.2 Å². The molecule has 1 aromatic carbocycles. The molecule has 0 bridgehead atoms. The summed E-state index contributed by atoms with van der Waals surface area (Å²) in [6.45, 7) is 2.37. The van der Waals surface area contributed by atoms with Gasteiger partial charge < -0.3 is 20.5 Å². The first kappa shape index (κ1) is 17.2. The minimum Gasteiger partial charge on any atom is -0.493 e. The zero-order valence-corrected chi connectivity index (χ0v) is 14.3. The summed E-state index contributed by atoms with van der Waals surface area (Å²) >= 11 is 1.41. The number of carbonyl (C=O) groups is 1. The van der Waals surface area contributed by atoms with Gasteiger partial charge in [0.15, 0.2) is 11.5 Å². The second-order valence-corrected chi connectivity index (χ2v) is 5.85. The summed E-state index contributed by atoms with van der Waals surface area (Å²) < 4.78 is 10.4. The minimum absolute atomic E-state index is 0.118. The number of nitrogens with one attached hydrogen (secondary N) is 1. The van der Waals surface area contributed by atoms with Crippen LogP contribution in [0, 0.1) is 0 Å². The van der Waals surface area contributed by atoms with Gasteiger partial charge in [-0.2, -0.15) is 0 Å². The van der Waals surface area contributed by atoms with Crippen LogP contribution in [-0.2, 0) is 6.54 Å². The van der Waals surface area contributed by atoms with E-state index in [1.807, 2.05) is 25.1 Å². The highest BCUT2D eigenvalue weighted by Gasteiger charge is 2.14. The fourth-order valence-electron chi connectivity index (χ4n) is 2.00. The maximum absolute atomic E-state index is 12.2. The highest BCUT2D eigenvalue weighted by Crippen LogP contribution is 2.27. The van der Waals surface area contributed by atoms with E-state index in [1.54, 1.807) is 19.6 Å². The van der Waals surface area contributed by atoms with Gasteiger partial charge in [-0.05, 0) is 24.1 Å². The summed E-state index contributed by atoms with van der Waals surface area (Å²) in [5, 5.41) is 5.35. The Morgan fingerprint density at radius 3 is 2.74 bits per heavy atom. The number of carbonyl (C=O) groups excluding carboxylic acids is 1. The van der Waals surface area contributed by atoms with Gasteiger partial charge in [-0.15, -0.1) is 11.3 Å². The molecule has 0 radical (unpaired) electrons.